The molecular weight excluding hydrogens is 463 g/mol. The maximum absolute atomic E-state index is 13.2. The zero-order valence-corrected chi connectivity index (χ0v) is 18.9. The lowest BCUT2D eigenvalue weighted by atomic mass is 10.1. The molecule has 2 heterocycles. The summed E-state index contributed by atoms with van der Waals surface area (Å²) in [4.78, 5) is 22.9. The number of nitrogens with zero attached hydrogens (tertiary/aromatic N) is 2. The van der Waals surface area contributed by atoms with Crippen molar-refractivity contribution in [1.29, 1.82) is 0 Å². The number of anilines is 1. The van der Waals surface area contributed by atoms with E-state index in [-0.39, 0.29) is 16.4 Å². The Balaban J connectivity index is 1.46. The zero-order chi connectivity index (χ0) is 23.2. The van der Waals surface area contributed by atoms with Gasteiger partial charge in [-0.15, -0.1) is 11.3 Å². The fourth-order valence-electron chi connectivity index (χ4n) is 3.77. The number of aromatic nitrogens is 2. The normalized spacial score (nSPS) is 13.9. The molecule has 0 spiro atoms. The second-order valence-electron chi connectivity index (χ2n) is 7.91. The second-order valence-corrected chi connectivity index (χ2v) is 10.5. The minimum atomic E-state index is -3.96. The van der Waals surface area contributed by atoms with Crippen LogP contribution in [0.3, 0.4) is 0 Å². The van der Waals surface area contributed by atoms with Crippen molar-refractivity contribution >= 4 is 43.2 Å². The zero-order valence-electron chi connectivity index (χ0n) is 17.3. The molecule has 4 aromatic rings. The first-order chi connectivity index (χ1) is 15.8. The van der Waals surface area contributed by atoms with E-state index in [0.717, 1.165) is 29.0 Å². The Hall–Kier alpha value is -3.21. The molecule has 1 saturated carbocycles. The summed E-state index contributed by atoms with van der Waals surface area (Å²) >= 11 is 1.38. The summed E-state index contributed by atoms with van der Waals surface area (Å²) in [6, 6.07) is 12.4. The van der Waals surface area contributed by atoms with Crippen LogP contribution in [0.5, 0.6) is 0 Å². The maximum atomic E-state index is 13.2. The Morgan fingerprint density at radius 1 is 1.12 bits per heavy atom. The summed E-state index contributed by atoms with van der Waals surface area (Å²) in [5.74, 6) is -0.404. The molecule has 33 heavy (non-hydrogen) atoms. The monoisotopic (exact) mass is 482 g/mol. The van der Waals surface area contributed by atoms with Crippen LogP contribution in [-0.2, 0) is 16.4 Å². The highest BCUT2D eigenvalue weighted by molar-refractivity contribution is 7.89. The van der Waals surface area contributed by atoms with Gasteiger partial charge in [-0.2, -0.15) is 0 Å². The number of carbonyl (C=O) groups is 1. The van der Waals surface area contributed by atoms with Crippen molar-refractivity contribution in [3.05, 3.63) is 82.4 Å². The molecule has 5 rings (SSSR count). The van der Waals surface area contributed by atoms with Gasteiger partial charge >= 0.3 is 0 Å². The van der Waals surface area contributed by atoms with Crippen LogP contribution in [0.1, 0.15) is 45.4 Å². The van der Waals surface area contributed by atoms with E-state index in [0.29, 0.717) is 28.2 Å². The van der Waals surface area contributed by atoms with Gasteiger partial charge in [0.05, 0.1) is 10.6 Å². The number of amides is 1. The predicted molar refractivity (Wildman–Crippen MR) is 124 cm³/mol. The number of nitrogens with two attached hydrogens (primary N) is 1. The van der Waals surface area contributed by atoms with Crippen LogP contribution in [0.25, 0.3) is 10.8 Å². The number of sulfonamides is 1. The van der Waals surface area contributed by atoms with E-state index in [9.17, 15) is 17.6 Å². The molecule has 168 valence electrons. The number of pyridine rings is 1. The molecule has 10 heteroatoms. The van der Waals surface area contributed by atoms with E-state index < -0.39 is 15.9 Å². The summed E-state index contributed by atoms with van der Waals surface area (Å²) in [7, 11) is -3.96. The molecule has 2 aromatic heterocycles. The van der Waals surface area contributed by atoms with E-state index in [1.54, 1.807) is 18.2 Å². The number of halogens is 1. The number of rotatable bonds is 6. The SMILES string of the molecule is NS(=O)(=O)c1cccc2c(C(=O)Nc3nc(C4CC4)c(Cc4ccc(F)cc4)s3)nccc12. The van der Waals surface area contributed by atoms with Gasteiger partial charge in [-0.05, 0) is 42.7 Å². The van der Waals surface area contributed by atoms with E-state index in [4.69, 9.17) is 5.14 Å². The molecule has 1 aliphatic rings. The summed E-state index contributed by atoms with van der Waals surface area (Å²) < 4.78 is 37.1. The number of hydrogen-bond acceptors (Lipinski definition) is 6. The fraction of sp³-hybridized carbons (Fsp3) is 0.174. The lowest BCUT2D eigenvalue weighted by molar-refractivity contribution is 0.102. The molecule has 0 unspecified atom stereocenters. The summed E-state index contributed by atoms with van der Waals surface area (Å²) in [5, 5.41) is 9.29. The van der Waals surface area contributed by atoms with E-state index in [1.165, 1.54) is 47.9 Å². The van der Waals surface area contributed by atoms with Gasteiger partial charge in [0.1, 0.15) is 11.5 Å². The van der Waals surface area contributed by atoms with Crippen LogP contribution in [0.2, 0.25) is 0 Å². The van der Waals surface area contributed by atoms with Gasteiger partial charge < -0.3 is 0 Å². The van der Waals surface area contributed by atoms with Crippen molar-refractivity contribution in [1.82, 2.24) is 9.97 Å². The Morgan fingerprint density at radius 3 is 2.58 bits per heavy atom. The largest absolute Gasteiger partial charge is 0.296 e. The third-order valence-corrected chi connectivity index (χ3v) is 7.43. The average molecular weight is 483 g/mol. The van der Waals surface area contributed by atoms with Gasteiger partial charge in [-0.1, -0.05) is 24.3 Å². The highest BCUT2D eigenvalue weighted by Gasteiger charge is 2.30. The summed E-state index contributed by atoms with van der Waals surface area (Å²) in [6.07, 6.45) is 4.08. The number of nitrogens with one attached hydrogen (secondary N) is 1. The highest BCUT2D eigenvalue weighted by atomic mass is 32.2. The molecule has 0 radical (unpaired) electrons. The third kappa shape index (κ3) is 4.50. The fourth-order valence-corrected chi connectivity index (χ4v) is 5.60. The number of fused-ring (bicyclic) bond motifs is 1. The Labute approximate surface area is 193 Å². The lowest BCUT2D eigenvalue weighted by Gasteiger charge is -2.08. The molecule has 0 atom stereocenters. The number of thiazole rings is 1. The van der Waals surface area contributed by atoms with Crippen molar-refractivity contribution in [2.45, 2.75) is 30.1 Å². The van der Waals surface area contributed by atoms with E-state index in [1.807, 2.05) is 0 Å². The van der Waals surface area contributed by atoms with Gasteiger partial charge in [0, 0.05) is 34.2 Å². The van der Waals surface area contributed by atoms with Crippen LogP contribution < -0.4 is 10.5 Å². The second kappa shape index (κ2) is 8.29. The quantitative estimate of drug-likeness (QED) is 0.427. The van der Waals surface area contributed by atoms with Crippen molar-refractivity contribution < 1.29 is 17.6 Å². The number of benzene rings is 2. The molecule has 0 saturated heterocycles. The standard InChI is InChI=1S/C23H19FN4O3S2/c24-15-8-4-13(5-9-15)12-18-20(14-6-7-14)27-23(32-18)28-22(29)21-17-2-1-3-19(33(25,30)31)16(17)10-11-26-21/h1-5,8-11,14H,6-7,12H2,(H2,25,30,31)(H,27,28,29). The van der Waals surface area contributed by atoms with Crippen LogP contribution >= 0.6 is 11.3 Å². The first-order valence-corrected chi connectivity index (χ1v) is 12.6. The molecule has 1 amide bonds. The first kappa shape index (κ1) is 21.6. The van der Waals surface area contributed by atoms with Crippen LogP contribution in [-0.4, -0.2) is 24.3 Å². The molecule has 3 N–H and O–H groups in total. The van der Waals surface area contributed by atoms with Gasteiger partial charge in [-0.25, -0.2) is 22.9 Å². The maximum Gasteiger partial charge on any atom is 0.276 e. The molecule has 1 aliphatic carbocycles. The minimum Gasteiger partial charge on any atom is -0.296 e. The highest BCUT2D eigenvalue weighted by Crippen LogP contribution is 2.44. The third-order valence-electron chi connectivity index (χ3n) is 5.48. The van der Waals surface area contributed by atoms with Gasteiger partial charge in [-0.3, -0.25) is 15.1 Å². The molecule has 2 aromatic carbocycles. The minimum absolute atomic E-state index is 0.0664. The van der Waals surface area contributed by atoms with Gasteiger partial charge in [0.2, 0.25) is 10.0 Å². The smallest absolute Gasteiger partial charge is 0.276 e. The molecule has 0 aliphatic heterocycles. The van der Waals surface area contributed by atoms with E-state index in [2.05, 4.69) is 15.3 Å². The first-order valence-electron chi connectivity index (χ1n) is 10.3. The van der Waals surface area contributed by atoms with Crippen molar-refractivity contribution in [2.24, 2.45) is 5.14 Å². The average Bonchev–Trinajstić information content (AvgIpc) is 3.55. The van der Waals surface area contributed by atoms with Crippen molar-refractivity contribution in [2.75, 3.05) is 5.32 Å². The van der Waals surface area contributed by atoms with Gasteiger partial charge in [0.25, 0.3) is 5.91 Å². The Kier molecular flexibility index (Phi) is 5.43. The van der Waals surface area contributed by atoms with Crippen molar-refractivity contribution in [3.63, 3.8) is 0 Å². The van der Waals surface area contributed by atoms with Crippen LogP contribution in [0.4, 0.5) is 9.52 Å². The summed E-state index contributed by atoms with van der Waals surface area (Å²) in [6.45, 7) is 0. The van der Waals surface area contributed by atoms with Crippen molar-refractivity contribution in [3.8, 4) is 0 Å². The summed E-state index contributed by atoms with van der Waals surface area (Å²) in [5.41, 5.74) is 2.01. The van der Waals surface area contributed by atoms with Crippen LogP contribution in [0, 0.1) is 5.82 Å². The number of hydrogen-bond donors (Lipinski definition) is 2. The number of primary sulfonamides is 1. The predicted octanol–water partition coefficient (Wildman–Crippen LogP) is 4.20. The van der Waals surface area contributed by atoms with Crippen LogP contribution in [0.15, 0.2) is 59.6 Å². The Morgan fingerprint density at radius 2 is 1.88 bits per heavy atom. The Bertz CT molecular complexity index is 1480. The topological polar surface area (TPSA) is 115 Å². The molecule has 7 nitrogen and oxygen atoms in total. The molecular formula is C23H19FN4O3S2. The number of carbonyl (C=O) groups excluding carboxylic acids is 1. The molecule has 1 fully saturated rings. The van der Waals surface area contributed by atoms with Gasteiger partial charge in [0.15, 0.2) is 5.13 Å². The molecule has 0 bridgehead atoms. The van der Waals surface area contributed by atoms with E-state index >= 15 is 0 Å². The lowest BCUT2D eigenvalue weighted by Crippen LogP contribution is -2.16.